The van der Waals surface area contributed by atoms with Crippen LogP contribution in [0.4, 0.5) is 0 Å². The summed E-state index contributed by atoms with van der Waals surface area (Å²) in [5.41, 5.74) is 5.41. The fraction of sp³-hybridized carbons (Fsp3) is 0.846. The van der Waals surface area contributed by atoms with Crippen LogP contribution >= 0.6 is 0 Å². The average Bonchev–Trinajstić information content (AvgIpc) is 2.94. The fourth-order valence-electron chi connectivity index (χ4n) is 3.32. The number of rotatable bonds is 1. The van der Waals surface area contributed by atoms with Crippen molar-refractivity contribution in [3.63, 3.8) is 0 Å². The first kappa shape index (κ1) is 12.9. The molecule has 6 heteroatoms. The predicted molar refractivity (Wildman–Crippen MR) is 68.2 cm³/mol. The highest BCUT2D eigenvalue weighted by molar-refractivity contribution is 5.85. The molecule has 2 N–H and O–H groups in total. The molecule has 6 nitrogen and oxygen atoms in total. The highest BCUT2D eigenvalue weighted by Gasteiger charge is 2.48. The summed E-state index contributed by atoms with van der Waals surface area (Å²) >= 11 is 0. The molecule has 0 aromatic carbocycles. The van der Waals surface area contributed by atoms with Crippen LogP contribution in [0.5, 0.6) is 0 Å². The van der Waals surface area contributed by atoms with Crippen LogP contribution < -0.4 is 5.73 Å². The smallest absolute Gasteiger partial charge is 0.232 e. The third-order valence-corrected chi connectivity index (χ3v) is 4.79. The van der Waals surface area contributed by atoms with E-state index in [1.165, 1.54) is 0 Å². The van der Waals surface area contributed by atoms with Crippen LogP contribution in [0.25, 0.3) is 0 Å². The van der Waals surface area contributed by atoms with E-state index in [0.717, 1.165) is 6.42 Å². The van der Waals surface area contributed by atoms with Gasteiger partial charge in [0.2, 0.25) is 11.8 Å². The van der Waals surface area contributed by atoms with Crippen molar-refractivity contribution in [3.05, 3.63) is 0 Å². The minimum Gasteiger partial charge on any atom is -0.379 e. The Bertz CT molecular complexity index is 414. The van der Waals surface area contributed by atoms with Gasteiger partial charge in [0.25, 0.3) is 0 Å². The molecule has 3 aliphatic rings. The van der Waals surface area contributed by atoms with Gasteiger partial charge in [-0.1, -0.05) is 0 Å². The lowest BCUT2D eigenvalue weighted by molar-refractivity contribution is -0.147. The molecule has 2 amide bonds. The highest BCUT2D eigenvalue weighted by atomic mass is 16.5. The van der Waals surface area contributed by atoms with Crippen molar-refractivity contribution >= 4 is 11.8 Å². The number of ether oxygens (including phenoxy) is 1. The average molecular weight is 267 g/mol. The molecule has 0 aliphatic carbocycles. The number of carbonyl (C=O) groups is 2. The maximum Gasteiger partial charge on any atom is 0.232 e. The van der Waals surface area contributed by atoms with Gasteiger partial charge in [0.15, 0.2) is 0 Å². The number of hydrogen-bond donors (Lipinski definition) is 1. The molecule has 0 radical (unpaired) electrons. The van der Waals surface area contributed by atoms with E-state index in [-0.39, 0.29) is 23.9 Å². The Morgan fingerprint density at radius 3 is 2.95 bits per heavy atom. The second-order valence-corrected chi connectivity index (χ2v) is 6.07. The topological polar surface area (TPSA) is 75.9 Å². The Morgan fingerprint density at radius 2 is 2.26 bits per heavy atom. The molecule has 3 atom stereocenters. The summed E-state index contributed by atoms with van der Waals surface area (Å²) in [6.07, 6.45) is 1.48. The number of hydrogen-bond acceptors (Lipinski definition) is 4. The summed E-state index contributed by atoms with van der Waals surface area (Å²) in [4.78, 5) is 28.1. The van der Waals surface area contributed by atoms with Crippen molar-refractivity contribution in [2.24, 2.45) is 11.1 Å². The Hall–Kier alpha value is -1.14. The number of nitrogens with zero attached hydrogens (tertiary/aromatic N) is 2. The zero-order valence-electron chi connectivity index (χ0n) is 11.3. The molecular formula is C13H21N3O3. The third-order valence-electron chi connectivity index (χ3n) is 4.79. The van der Waals surface area contributed by atoms with Gasteiger partial charge >= 0.3 is 0 Å². The number of amides is 2. The van der Waals surface area contributed by atoms with Gasteiger partial charge in [-0.15, -0.1) is 0 Å². The van der Waals surface area contributed by atoms with E-state index in [1.54, 1.807) is 0 Å². The van der Waals surface area contributed by atoms with E-state index in [9.17, 15) is 9.59 Å². The van der Waals surface area contributed by atoms with E-state index in [0.29, 0.717) is 39.3 Å². The Balaban J connectivity index is 1.70. The molecule has 0 saturated carbocycles. The van der Waals surface area contributed by atoms with E-state index < -0.39 is 5.41 Å². The second-order valence-electron chi connectivity index (χ2n) is 6.07. The first-order chi connectivity index (χ1) is 9.02. The van der Waals surface area contributed by atoms with Crippen molar-refractivity contribution in [3.8, 4) is 0 Å². The summed E-state index contributed by atoms with van der Waals surface area (Å²) in [6.45, 7) is 4.65. The molecule has 0 spiro atoms. The van der Waals surface area contributed by atoms with Gasteiger partial charge in [-0.05, 0) is 13.3 Å². The van der Waals surface area contributed by atoms with E-state index >= 15 is 0 Å². The number of nitrogens with two attached hydrogens (primary N) is 1. The molecule has 3 aliphatic heterocycles. The SMILES string of the molecule is CC1(C(=O)N2CCN3C(=O)CCC3C2)COCC1N. The molecule has 3 heterocycles. The van der Waals surface area contributed by atoms with Gasteiger partial charge in [-0.25, -0.2) is 0 Å². The first-order valence-electron chi connectivity index (χ1n) is 6.94. The fourth-order valence-corrected chi connectivity index (χ4v) is 3.32. The van der Waals surface area contributed by atoms with Crippen LogP contribution in [0.1, 0.15) is 19.8 Å². The normalized spacial score (nSPS) is 38.7. The van der Waals surface area contributed by atoms with Crippen molar-refractivity contribution in [2.75, 3.05) is 32.8 Å². The number of piperazine rings is 1. The Morgan fingerprint density at radius 1 is 1.47 bits per heavy atom. The van der Waals surface area contributed by atoms with Gasteiger partial charge in [-0.3, -0.25) is 9.59 Å². The maximum atomic E-state index is 12.7. The summed E-state index contributed by atoms with van der Waals surface area (Å²) < 4.78 is 5.35. The Kier molecular flexibility index (Phi) is 3.02. The number of carbonyl (C=O) groups excluding carboxylic acids is 2. The van der Waals surface area contributed by atoms with E-state index in [2.05, 4.69) is 0 Å². The standard InChI is InChI=1S/C13H21N3O3/c1-13(8-19-7-10(13)14)12(18)15-4-5-16-9(6-15)2-3-11(16)17/h9-10H,2-8,14H2,1H3. The monoisotopic (exact) mass is 267 g/mol. The summed E-state index contributed by atoms with van der Waals surface area (Å²) in [5.74, 6) is 0.306. The molecular weight excluding hydrogens is 246 g/mol. The zero-order valence-corrected chi connectivity index (χ0v) is 11.3. The van der Waals surface area contributed by atoms with Gasteiger partial charge in [0.05, 0.1) is 18.6 Å². The molecule has 19 heavy (non-hydrogen) atoms. The molecule has 3 fully saturated rings. The summed E-state index contributed by atoms with van der Waals surface area (Å²) in [5, 5.41) is 0. The van der Waals surface area contributed by atoms with Crippen molar-refractivity contribution in [1.29, 1.82) is 0 Å². The highest BCUT2D eigenvalue weighted by Crippen LogP contribution is 2.31. The molecule has 0 aromatic rings. The lowest BCUT2D eigenvalue weighted by atomic mass is 9.84. The largest absolute Gasteiger partial charge is 0.379 e. The van der Waals surface area contributed by atoms with Crippen LogP contribution in [0.2, 0.25) is 0 Å². The summed E-state index contributed by atoms with van der Waals surface area (Å²) in [7, 11) is 0. The lowest BCUT2D eigenvalue weighted by Crippen LogP contribution is -2.58. The Labute approximate surface area is 112 Å². The van der Waals surface area contributed by atoms with Gasteiger partial charge in [-0.2, -0.15) is 0 Å². The number of fused-ring (bicyclic) bond motifs is 1. The molecule has 106 valence electrons. The van der Waals surface area contributed by atoms with Crippen LogP contribution in [-0.4, -0.2) is 66.5 Å². The lowest BCUT2D eigenvalue weighted by Gasteiger charge is -2.41. The van der Waals surface area contributed by atoms with Crippen molar-refractivity contribution < 1.29 is 14.3 Å². The van der Waals surface area contributed by atoms with Gasteiger partial charge in [0.1, 0.15) is 0 Å². The van der Waals surface area contributed by atoms with Crippen LogP contribution in [0.15, 0.2) is 0 Å². The van der Waals surface area contributed by atoms with Crippen LogP contribution in [-0.2, 0) is 14.3 Å². The van der Waals surface area contributed by atoms with Crippen LogP contribution in [0.3, 0.4) is 0 Å². The summed E-state index contributed by atoms with van der Waals surface area (Å²) in [6, 6.07) is -0.0319. The first-order valence-corrected chi connectivity index (χ1v) is 6.94. The molecule has 3 rings (SSSR count). The zero-order chi connectivity index (χ0) is 13.6. The quantitative estimate of drug-likeness (QED) is 0.674. The van der Waals surface area contributed by atoms with Gasteiger partial charge in [0, 0.05) is 38.1 Å². The molecule has 0 bridgehead atoms. The van der Waals surface area contributed by atoms with Crippen molar-refractivity contribution in [1.82, 2.24) is 9.80 Å². The van der Waals surface area contributed by atoms with E-state index in [1.807, 2.05) is 16.7 Å². The molecule has 3 unspecified atom stereocenters. The maximum absolute atomic E-state index is 12.7. The molecule has 0 aromatic heterocycles. The minimum absolute atomic E-state index is 0.0801. The van der Waals surface area contributed by atoms with Crippen molar-refractivity contribution in [2.45, 2.75) is 31.8 Å². The predicted octanol–water partition coefficient (Wildman–Crippen LogP) is -0.817. The van der Waals surface area contributed by atoms with Gasteiger partial charge < -0.3 is 20.3 Å². The third kappa shape index (κ3) is 1.94. The van der Waals surface area contributed by atoms with Crippen LogP contribution in [0, 0.1) is 5.41 Å². The van der Waals surface area contributed by atoms with E-state index in [4.69, 9.17) is 10.5 Å². The second kappa shape index (κ2) is 4.45. The minimum atomic E-state index is -0.606. The molecule has 3 saturated heterocycles.